The molecule has 1 amide bonds. The predicted molar refractivity (Wildman–Crippen MR) is 94.3 cm³/mol. The van der Waals surface area contributed by atoms with Crippen LogP contribution in [0.5, 0.6) is 0 Å². The molecule has 2 unspecified atom stereocenters. The van der Waals surface area contributed by atoms with Crippen LogP contribution in [0.15, 0.2) is 11.1 Å². The number of rotatable bonds is 5. The van der Waals surface area contributed by atoms with Crippen molar-refractivity contribution in [3.8, 4) is 0 Å². The van der Waals surface area contributed by atoms with E-state index in [0.29, 0.717) is 0 Å². The summed E-state index contributed by atoms with van der Waals surface area (Å²) in [5.74, 6) is -1.48. The van der Waals surface area contributed by atoms with Gasteiger partial charge in [0.1, 0.15) is 12.2 Å². The molecule has 28 heavy (non-hydrogen) atoms. The van der Waals surface area contributed by atoms with Crippen molar-refractivity contribution >= 4 is 29.0 Å². The van der Waals surface area contributed by atoms with Crippen LogP contribution >= 0.6 is 0 Å². The maximum Gasteiger partial charge on any atom is 0.337 e. The number of carbonyl (C=O) groups is 2. The maximum absolute atomic E-state index is 12.3. The summed E-state index contributed by atoms with van der Waals surface area (Å²) in [6.07, 6.45) is -3.25. The van der Waals surface area contributed by atoms with Crippen molar-refractivity contribution in [3.05, 3.63) is 16.7 Å². The molecule has 3 rings (SSSR count). The summed E-state index contributed by atoms with van der Waals surface area (Å²) in [7, 11) is 2.52. The van der Waals surface area contributed by atoms with Crippen LogP contribution in [0.3, 0.4) is 0 Å². The minimum Gasteiger partial charge on any atom is -0.467 e. The Kier molecular flexibility index (Phi) is 5.45. The molecular weight excluding hydrogens is 374 g/mol. The second kappa shape index (κ2) is 7.66. The summed E-state index contributed by atoms with van der Waals surface area (Å²) < 4.78 is 16.9. The van der Waals surface area contributed by atoms with Gasteiger partial charge in [-0.3, -0.25) is 24.5 Å². The average molecular weight is 395 g/mol. The summed E-state index contributed by atoms with van der Waals surface area (Å²) >= 11 is 0. The quantitative estimate of drug-likeness (QED) is 0.549. The van der Waals surface area contributed by atoms with Gasteiger partial charge in [-0.1, -0.05) is 13.8 Å². The lowest BCUT2D eigenvalue weighted by atomic mass is 10.1. The van der Waals surface area contributed by atoms with Gasteiger partial charge in [0.15, 0.2) is 23.5 Å². The molecule has 1 aliphatic heterocycles. The Morgan fingerprint density at radius 1 is 1.39 bits per heavy atom. The van der Waals surface area contributed by atoms with Crippen molar-refractivity contribution in [3.63, 3.8) is 0 Å². The molecule has 3 N–H and O–H groups in total. The fourth-order valence-electron chi connectivity index (χ4n) is 2.87. The number of hydrogen-bond acceptors (Lipinski definition) is 9. The number of ether oxygens (including phenoxy) is 3. The van der Waals surface area contributed by atoms with Crippen molar-refractivity contribution in [2.45, 2.75) is 38.4 Å². The Labute approximate surface area is 158 Å². The minimum atomic E-state index is -1.30. The van der Waals surface area contributed by atoms with E-state index >= 15 is 0 Å². The zero-order valence-electron chi connectivity index (χ0n) is 15.7. The van der Waals surface area contributed by atoms with Crippen LogP contribution in [0.1, 0.15) is 20.1 Å². The number of anilines is 1. The van der Waals surface area contributed by atoms with Gasteiger partial charge >= 0.3 is 5.97 Å². The monoisotopic (exact) mass is 395 g/mol. The SMILES string of the molecule is COC(=O)[C@H]1O[C@@H](n2cnc3c(=O)[nH]c(NC(=O)C(C)C)nc32)C(OC)C1O. The first-order valence-electron chi connectivity index (χ1n) is 8.50. The molecule has 0 bridgehead atoms. The highest BCUT2D eigenvalue weighted by Gasteiger charge is 2.49. The fraction of sp³-hybridized carbons (Fsp3) is 0.562. The summed E-state index contributed by atoms with van der Waals surface area (Å²) in [4.78, 5) is 46.7. The number of nitrogens with one attached hydrogen (secondary N) is 2. The van der Waals surface area contributed by atoms with Crippen LogP contribution < -0.4 is 10.9 Å². The van der Waals surface area contributed by atoms with Crippen LogP contribution in [0, 0.1) is 5.92 Å². The molecule has 4 atom stereocenters. The van der Waals surface area contributed by atoms with E-state index in [2.05, 4.69) is 25.0 Å². The van der Waals surface area contributed by atoms with Crippen LogP contribution in [0.2, 0.25) is 0 Å². The molecule has 0 aromatic carbocycles. The number of hydrogen-bond donors (Lipinski definition) is 3. The third-order valence-electron chi connectivity index (χ3n) is 4.39. The number of fused-ring (bicyclic) bond motifs is 1. The summed E-state index contributed by atoms with van der Waals surface area (Å²) in [6.45, 7) is 3.39. The van der Waals surface area contributed by atoms with E-state index in [1.807, 2.05) is 0 Å². The molecular formula is C16H21N5O7. The molecule has 0 radical (unpaired) electrons. The molecule has 2 aromatic rings. The van der Waals surface area contributed by atoms with E-state index in [4.69, 9.17) is 9.47 Å². The maximum atomic E-state index is 12.3. The molecule has 1 fully saturated rings. The highest BCUT2D eigenvalue weighted by atomic mass is 16.6. The lowest BCUT2D eigenvalue weighted by Crippen LogP contribution is -2.37. The Hall–Kier alpha value is -2.83. The van der Waals surface area contributed by atoms with Crippen LogP contribution in [0.4, 0.5) is 5.95 Å². The highest BCUT2D eigenvalue weighted by molar-refractivity contribution is 5.91. The van der Waals surface area contributed by atoms with Gasteiger partial charge in [0.25, 0.3) is 5.56 Å². The van der Waals surface area contributed by atoms with Crippen LogP contribution in [0.25, 0.3) is 11.2 Å². The standard InChI is InChI=1S/C16H21N5O7/c1-6(2)12(23)19-16-18-11-7(13(24)20-16)17-5-21(11)14-9(26-3)8(22)10(28-14)15(25)27-4/h5-6,8-10,14,22H,1-4H3,(H2,18,19,20,23,24)/t8?,9?,10-,14+/m0/s1. The Morgan fingerprint density at radius 3 is 2.71 bits per heavy atom. The number of imidazole rings is 1. The number of aromatic nitrogens is 4. The molecule has 0 saturated carbocycles. The topological polar surface area (TPSA) is 158 Å². The van der Waals surface area contributed by atoms with Gasteiger partial charge < -0.3 is 19.3 Å². The highest BCUT2D eigenvalue weighted by Crippen LogP contribution is 2.33. The van der Waals surface area contributed by atoms with E-state index in [1.165, 1.54) is 25.1 Å². The molecule has 1 aliphatic rings. The molecule has 1 saturated heterocycles. The summed E-state index contributed by atoms with van der Waals surface area (Å²) in [5, 5.41) is 12.9. The molecule has 0 aliphatic carbocycles. The lowest BCUT2D eigenvalue weighted by molar-refractivity contribution is -0.158. The van der Waals surface area contributed by atoms with Crippen LogP contribution in [-0.2, 0) is 23.8 Å². The largest absolute Gasteiger partial charge is 0.467 e. The van der Waals surface area contributed by atoms with E-state index in [1.54, 1.807) is 13.8 Å². The van der Waals surface area contributed by atoms with Gasteiger partial charge in [0.2, 0.25) is 11.9 Å². The number of aromatic amines is 1. The second-order valence-electron chi connectivity index (χ2n) is 6.54. The van der Waals surface area contributed by atoms with E-state index in [9.17, 15) is 19.5 Å². The third-order valence-corrected chi connectivity index (χ3v) is 4.39. The first kappa shape index (κ1) is 19.9. The van der Waals surface area contributed by atoms with Crippen molar-refractivity contribution < 1.29 is 28.9 Å². The van der Waals surface area contributed by atoms with E-state index in [0.717, 1.165) is 0 Å². The number of aliphatic hydroxyl groups is 1. The molecule has 12 nitrogen and oxygen atoms in total. The number of aliphatic hydroxyl groups excluding tert-OH is 1. The normalized spacial score (nSPS) is 24.6. The van der Waals surface area contributed by atoms with Crippen molar-refractivity contribution in [1.29, 1.82) is 0 Å². The van der Waals surface area contributed by atoms with Gasteiger partial charge in [-0.15, -0.1) is 0 Å². The van der Waals surface area contributed by atoms with Gasteiger partial charge in [-0.2, -0.15) is 4.98 Å². The van der Waals surface area contributed by atoms with Crippen LogP contribution in [-0.4, -0.2) is 69.0 Å². The molecule has 12 heteroatoms. The minimum absolute atomic E-state index is 0.00277. The zero-order chi connectivity index (χ0) is 20.6. The van der Waals surface area contributed by atoms with Gasteiger partial charge in [0.05, 0.1) is 13.4 Å². The molecule has 0 spiro atoms. The smallest absolute Gasteiger partial charge is 0.337 e. The summed E-state index contributed by atoms with van der Waals surface area (Å²) in [6, 6.07) is 0. The lowest BCUT2D eigenvalue weighted by Gasteiger charge is -2.19. The number of amides is 1. The molecule has 152 valence electrons. The van der Waals surface area contributed by atoms with Crippen molar-refractivity contribution in [2.75, 3.05) is 19.5 Å². The number of methoxy groups -OCH3 is 2. The molecule has 2 aromatic heterocycles. The van der Waals surface area contributed by atoms with Crippen molar-refractivity contribution in [1.82, 2.24) is 19.5 Å². The van der Waals surface area contributed by atoms with Crippen molar-refractivity contribution in [2.24, 2.45) is 5.92 Å². The van der Waals surface area contributed by atoms with Gasteiger partial charge in [-0.05, 0) is 0 Å². The first-order chi connectivity index (χ1) is 13.3. The van der Waals surface area contributed by atoms with E-state index < -0.39 is 36.1 Å². The number of nitrogens with zero attached hydrogens (tertiary/aromatic N) is 3. The predicted octanol–water partition coefficient (Wildman–Crippen LogP) is -0.840. The Morgan fingerprint density at radius 2 is 2.11 bits per heavy atom. The van der Waals surface area contributed by atoms with Gasteiger partial charge in [0, 0.05) is 13.0 Å². The second-order valence-corrected chi connectivity index (χ2v) is 6.54. The third kappa shape index (κ3) is 3.37. The Bertz CT molecular complexity index is 952. The summed E-state index contributed by atoms with van der Waals surface area (Å²) in [5.41, 5.74) is -0.482. The number of carbonyl (C=O) groups excluding carboxylic acids is 2. The Balaban J connectivity index is 2.03. The fourth-order valence-corrected chi connectivity index (χ4v) is 2.87. The van der Waals surface area contributed by atoms with Gasteiger partial charge in [-0.25, -0.2) is 9.78 Å². The molecule has 3 heterocycles. The van der Waals surface area contributed by atoms with E-state index in [-0.39, 0.29) is 28.9 Å². The average Bonchev–Trinajstić information content (AvgIpc) is 3.21. The number of esters is 1. The first-order valence-corrected chi connectivity index (χ1v) is 8.50. The number of H-pyrrole nitrogens is 1. The zero-order valence-corrected chi connectivity index (χ0v) is 15.7.